The third-order valence-electron chi connectivity index (χ3n) is 4.04. The highest BCUT2D eigenvalue weighted by molar-refractivity contribution is 7.71. The zero-order chi connectivity index (χ0) is 17.8. The molecular formula is C19H21FN4S. The van der Waals surface area contributed by atoms with Crippen LogP contribution in [-0.2, 0) is 19.6 Å². The highest BCUT2D eigenvalue weighted by Gasteiger charge is 2.08. The first kappa shape index (κ1) is 17.5. The molecule has 3 aromatic rings. The summed E-state index contributed by atoms with van der Waals surface area (Å²) < 4.78 is 15.6. The molecule has 1 heterocycles. The third kappa shape index (κ3) is 4.41. The van der Waals surface area contributed by atoms with Crippen LogP contribution in [0.5, 0.6) is 0 Å². The maximum absolute atomic E-state index is 13.3. The quantitative estimate of drug-likeness (QED) is 0.665. The van der Waals surface area contributed by atoms with E-state index in [9.17, 15) is 4.39 Å². The Hall–Kier alpha value is -2.31. The number of hydrogen-bond acceptors (Lipinski definition) is 3. The summed E-state index contributed by atoms with van der Waals surface area (Å²) in [5, 5.41) is 3.25. The minimum Gasteiger partial charge on any atom is -0.283 e. The number of nitrogens with one attached hydrogen (secondary N) is 1. The first-order valence-corrected chi connectivity index (χ1v) is 8.65. The highest BCUT2D eigenvalue weighted by Crippen LogP contribution is 2.16. The minimum absolute atomic E-state index is 0.220. The number of aromatic amines is 1. The van der Waals surface area contributed by atoms with Gasteiger partial charge in [-0.25, -0.2) is 9.07 Å². The zero-order valence-corrected chi connectivity index (χ0v) is 15.2. The van der Waals surface area contributed by atoms with E-state index in [2.05, 4.69) is 29.1 Å². The van der Waals surface area contributed by atoms with Crippen LogP contribution in [0.2, 0.25) is 0 Å². The van der Waals surface area contributed by atoms with Gasteiger partial charge in [-0.3, -0.25) is 10.00 Å². The molecule has 0 amide bonds. The molecule has 0 bridgehead atoms. The number of benzene rings is 2. The van der Waals surface area contributed by atoms with E-state index in [1.807, 2.05) is 34.8 Å². The Balaban J connectivity index is 1.72. The van der Waals surface area contributed by atoms with Gasteiger partial charge in [0.15, 0.2) is 5.82 Å². The van der Waals surface area contributed by atoms with Gasteiger partial charge in [0.1, 0.15) is 5.82 Å². The Bertz CT molecular complexity index is 898. The molecule has 0 radical (unpaired) electrons. The normalized spacial score (nSPS) is 11.2. The molecule has 0 atom stereocenters. The van der Waals surface area contributed by atoms with E-state index in [0.717, 1.165) is 23.4 Å². The molecule has 3 rings (SSSR count). The second-order valence-corrected chi connectivity index (χ2v) is 6.48. The van der Waals surface area contributed by atoms with E-state index in [1.54, 1.807) is 12.1 Å². The molecule has 0 saturated carbocycles. The zero-order valence-electron chi connectivity index (χ0n) is 14.4. The highest BCUT2D eigenvalue weighted by atomic mass is 32.1. The summed E-state index contributed by atoms with van der Waals surface area (Å²) in [4.78, 5) is 6.49. The van der Waals surface area contributed by atoms with Crippen LogP contribution in [0.25, 0.3) is 11.4 Å². The van der Waals surface area contributed by atoms with Crippen molar-refractivity contribution in [3.05, 3.63) is 70.2 Å². The fourth-order valence-electron chi connectivity index (χ4n) is 2.72. The number of hydrogen-bond donors (Lipinski definition) is 1. The molecule has 4 nitrogen and oxygen atoms in total. The van der Waals surface area contributed by atoms with Crippen LogP contribution in [0.3, 0.4) is 0 Å². The fraction of sp³-hybridized carbons (Fsp3) is 0.263. The van der Waals surface area contributed by atoms with Crippen molar-refractivity contribution in [1.82, 2.24) is 19.7 Å². The molecule has 130 valence electrons. The summed E-state index contributed by atoms with van der Waals surface area (Å²) in [5.74, 6) is 0.536. The fourth-order valence-corrected chi connectivity index (χ4v) is 2.91. The van der Waals surface area contributed by atoms with Crippen LogP contribution >= 0.6 is 12.2 Å². The molecule has 0 aliphatic carbocycles. The monoisotopic (exact) mass is 356 g/mol. The van der Waals surface area contributed by atoms with Crippen LogP contribution in [0, 0.1) is 10.6 Å². The maximum atomic E-state index is 13.3. The lowest BCUT2D eigenvalue weighted by molar-refractivity contribution is 0.244. The van der Waals surface area contributed by atoms with Crippen LogP contribution < -0.4 is 0 Å². The summed E-state index contributed by atoms with van der Waals surface area (Å²) >= 11 is 5.36. The molecule has 0 spiro atoms. The predicted molar refractivity (Wildman–Crippen MR) is 100 cm³/mol. The summed E-state index contributed by atoms with van der Waals surface area (Å²) in [6, 6.07) is 14.9. The first-order chi connectivity index (χ1) is 12.0. The van der Waals surface area contributed by atoms with Gasteiger partial charge >= 0.3 is 0 Å². The summed E-state index contributed by atoms with van der Waals surface area (Å²) in [6.07, 6.45) is 1.01. The molecular weight excluding hydrogens is 335 g/mol. The van der Waals surface area contributed by atoms with Crippen LogP contribution in [-0.4, -0.2) is 26.7 Å². The maximum Gasteiger partial charge on any atom is 0.217 e. The minimum atomic E-state index is -0.220. The van der Waals surface area contributed by atoms with Crippen molar-refractivity contribution in [3.8, 4) is 11.4 Å². The topological polar surface area (TPSA) is 36.9 Å². The van der Waals surface area contributed by atoms with Gasteiger partial charge in [-0.15, -0.1) is 0 Å². The van der Waals surface area contributed by atoms with Gasteiger partial charge in [-0.05, 0) is 48.9 Å². The summed E-state index contributed by atoms with van der Waals surface area (Å²) in [7, 11) is 1.96. The second kappa shape index (κ2) is 7.72. The number of nitrogens with zero attached hydrogens (tertiary/aromatic N) is 3. The van der Waals surface area contributed by atoms with E-state index in [-0.39, 0.29) is 5.82 Å². The van der Waals surface area contributed by atoms with Crippen molar-refractivity contribution in [3.63, 3.8) is 0 Å². The molecule has 1 N–H and O–H groups in total. The molecule has 0 saturated heterocycles. The van der Waals surface area contributed by atoms with Gasteiger partial charge in [0.2, 0.25) is 4.77 Å². The van der Waals surface area contributed by atoms with E-state index >= 15 is 0 Å². The molecule has 0 aliphatic heterocycles. The summed E-state index contributed by atoms with van der Waals surface area (Å²) in [6.45, 7) is 3.31. The lowest BCUT2D eigenvalue weighted by Gasteiger charge is -2.17. The first-order valence-electron chi connectivity index (χ1n) is 8.24. The van der Waals surface area contributed by atoms with Crippen molar-refractivity contribution >= 4 is 12.2 Å². The molecule has 0 aliphatic rings. The Kier molecular flexibility index (Phi) is 5.40. The number of H-pyrrole nitrogens is 1. The SMILES string of the molecule is CCc1ccc(-c2nc(=S)n(CN(C)Cc3cccc(F)c3)[nH]2)cc1. The van der Waals surface area contributed by atoms with E-state index in [1.165, 1.54) is 11.6 Å². The molecule has 0 fully saturated rings. The molecule has 0 unspecified atom stereocenters. The Morgan fingerprint density at radius 2 is 1.92 bits per heavy atom. The number of aromatic nitrogens is 3. The van der Waals surface area contributed by atoms with E-state index in [4.69, 9.17) is 12.2 Å². The lowest BCUT2D eigenvalue weighted by Crippen LogP contribution is -2.22. The van der Waals surface area contributed by atoms with E-state index in [0.29, 0.717) is 18.0 Å². The Labute approximate surface area is 151 Å². The van der Waals surface area contributed by atoms with Crippen LogP contribution in [0.1, 0.15) is 18.1 Å². The lowest BCUT2D eigenvalue weighted by atomic mass is 10.1. The molecule has 25 heavy (non-hydrogen) atoms. The van der Waals surface area contributed by atoms with Gasteiger partial charge in [0, 0.05) is 12.1 Å². The number of halogens is 1. The molecule has 6 heteroatoms. The van der Waals surface area contributed by atoms with Crippen molar-refractivity contribution in [1.29, 1.82) is 0 Å². The number of aryl methyl sites for hydroxylation is 1. The van der Waals surface area contributed by atoms with Gasteiger partial charge in [0.25, 0.3) is 0 Å². The molecule has 2 aromatic carbocycles. The van der Waals surface area contributed by atoms with Crippen molar-refractivity contribution in [2.75, 3.05) is 7.05 Å². The van der Waals surface area contributed by atoms with Gasteiger partial charge in [0.05, 0.1) is 6.67 Å². The van der Waals surface area contributed by atoms with Gasteiger partial charge < -0.3 is 0 Å². The molecule has 1 aromatic heterocycles. The van der Waals surface area contributed by atoms with Crippen LogP contribution in [0.4, 0.5) is 4.39 Å². The van der Waals surface area contributed by atoms with Gasteiger partial charge in [-0.1, -0.05) is 43.3 Å². The van der Waals surface area contributed by atoms with E-state index < -0.39 is 0 Å². The average molecular weight is 356 g/mol. The Morgan fingerprint density at radius 1 is 1.16 bits per heavy atom. The third-order valence-corrected chi connectivity index (χ3v) is 4.35. The average Bonchev–Trinajstić information content (AvgIpc) is 2.95. The second-order valence-electron chi connectivity index (χ2n) is 6.12. The smallest absolute Gasteiger partial charge is 0.217 e. The predicted octanol–water partition coefficient (Wildman–Crippen LogP) is 4.40. The Morgan fingerprint density at radius 3 is 2.60 bits per heavy atom. The standard InChI is InChI=1S/C19H21FN4S/c1-3-14-7-9-16(10-8-14)18-21-19(25)24(22-18)13-23(2)12-15-5-4-6-17(20)11-15/h4-11H,3,12-13H2,1-2H3,(H,21,22,25). The van der Waals surface area contributed by atoms with Crippen LogP contribution in [0.15, 0.2) is 48.5 Å². The van der Waals surface area contributed by atoms with Crippen molar-refractivity contribution in [2.45, 2.75) is 26.6 Å². The largest absolute Gasteiger partial charge is 0.283 e. The van der Waals surface area contributed by atoms with Gasteiger partial charge in [-0.2, -0.15) is 4.98 Å². The number of rotatable bonds is 6. The summed E-state index contributed by atoms with van der Waals surface area (Å²) in [5.41, 5.74) is 3.22. The van der Waals surface area contributed by atoms with Crippen molar-refractivity contribution < 1.29 is 4.39 Å². The van der Waals surface area contributed by atoms with Crippen molar-refractivity contribution in [2.24, 2.45) is 0 Å².